The topological polar surface area (TPSA) is 34.1 Å². The van der Waals surface area contributed by atoms with Crippen molar-refractivity contribution in [2.75, 3.05) is 58.9 Å². The lowest BCUT2D eigenvalue weighted by atomic mass is 9.96. The Labute approximate surface area is 188 Å². The maximum atomic E-state index is 13.9. The van der Waals surface area contributed by atoms with Gasteiger partial charge in [0.15, 0.2) is 5.96 Å². The van der Waals surface area contributed by atoms with Gasteiger partial charge in [0.1, 0.15) is 5.82 Å². The van der Waals surface area contributed by atoms with Crippen LogP contribution in [-0.2, 0) is 6.54 Å². The van der Waals surface area contributed by atoms with Crippen LogP contribution in [0.5, 0.6) is 0 Å². The highest BCUT2D eigenvalue weighted by molar-refractivity contribution is 5.80. The molecule has 2 heterocycles. The van der Waals surface area contributed by atoms with Gasteiger partial charge in [-0.25, -0.2) is 4.39 Å². The van der Waals surface area contributed by atoms with Crippen LogP contribution in [0.2, 0.25) is 0 Å². The number of nitrogens with one attached hydrogen (secondary N) is 1. The summed E-state index contributed by atoms with van der Waals surface area (Å²) < 4.78 is 13.9. The first-order valence-corrected chi connectivity index (χ1v) is 12.3. The number of hydrogen-bond acceptors (Lipinski definition) is 3. The molecule has 0 aromatic heterocycles. The minimum absolute atomic E-state index is 0.0885. The highest BCUT2D eigenvalue weighted by atomic mass is 19.1. The van der Waals surface area contributed by atoms with Gasteiger partial charge in [0, 0.05) is 44.8 Å². The van der Waals surface area contributed by atoms with E-state index in [1.807, 2.05) is 12.1 Å². The van der Waals surface area contributed by atoms with Crippen LogP contribution in [0, 0.1) is 17.7 Å². The molecule has 1 aromatic rings. The highest BCUT2D eigenvalue weighted by Gasteiger charge is 2.26. The van der Waals surface area contributed by atoms with Crippen molar-refractivity contribution < 1.29 is 4.39 Å². The van der Waals surface area contributed by atoms with E-state index < -0.39 is 0 Å². The summed E-state index contributed by atoms with van der Waals surface area (Å²) in [5.74, 6) is 2.37. The molecule has 2 aliphatic heterocycles. The molecule has 0 bridgehead atoms. The first-order valence-electron chi connectivity index (χ1n) is 12.3. The molecule has 2 fully saturated rings. The van der Waals surface area contributed by atoms with E-state index in [1.54, 1.807) is 12.1 Å². The van der Waals surface area contributed by atoms with Gasteiger partial charge in [0.25, 0.3) is 0 Å². The monoisotopic (exact) mass is 431 g/mol. The standard InChI is InChI=1S/C25H42FN5/c1-4-27-25(31-16-13-22(19-31)18-29(5-2)6-3)28-17-21-11-14-30(15-12-21)20-23-9-7-8-10-24(23)26/h7-10,21-22H,4-6,11-20H2,1-3H3,(H,27,28). The zero-order valence-electron chi connectivity index (χ0n) is 19.8. The van der Waals surface area contributed by atoms with Gasteiger partial charge in [0.2, 0.25) is 0 Å². The SMILES string of the molecule is CCNC(=NCC1CCN(Cc2ccccc2F)CC1)N1CCC(CN(CC)CC)C1. The van der Waals surface area contributed by atoms with E-state index in [2.05, 4.69) is 40.8 Å². The molecule has 5 nitrogen and oxygen atoms in total. The van der Waals surface area contributed by atoms with Crippen molar-refractivity contribution in [1.82, 2.24) is 20.0 Å². The van der Waals surface area contributed by atoms with Gasteiger partial charge >= 0.3 is 0 Å². The van der Waals surface area contributed by atoms with Crippen LogP contribution in [0.1, 0.15) is 45.6 Å². The Hall–Kier alpha value is -1.66. The predicted octanol–water partition coefficient (Wildman–Crippen LogP) is 3.67. The first-order chi connectivity index (χ1) is 15.1. The molecule has 6 heteroatoms. The molecule has 1 aromatic carbocycles. The molecule has 1 N–H and O–H groups in total. The van der Waals surface area contributed by atoms with Crippen LogP contribution in [0.4, 0.5) is 4.39 Å². The second kappa shape index (κ2) is 12.4. The number of rotatable bonds is 9. The molecule has 3 rings (SSSR count). The van der Waals surface area contributed by atoms with Crippen LogP contribution < -0.4 is 5.32 Å². The van der Waals surface area contributed by atoms with Crippen molar-refractivity contribution in [3.05, 3.63) is 35.6 Å². The van der Waals surface area contributed by atoms with Gasteiger partial charge < -0.3 is 15.1 Å². The van der Waals surface area contributed by atoms with Crippen LogP contribution in [0.15, 0.2) is 29.3 Å². The summed E-state index contributed by atoms with van der Waals surface area (Å²) in [7, 11) is 0. The smallest absolute Gasteiger partial charge is 0.193 e. The fourth-order valence-corrected chi connectivity index (χ4v) is 4.86. The average molecular weight is 432 g/mol. The van der Waals surface area contributed by atoms with E-state index >= 15 is 0 Å². The first kappa shape index (κ1) is 24.0. The lowest BCUT2D eigenvalue weighted by Crippen LogP contribution is -2.41. The molecule has 0 amide bonds. The van der Waals surface area contributed by atoms with Crippen LogP contribution in [0.3, 0.4) is 0 Å². The average Bonchev–Trinajstić information content (AvgIpc) is 3.26. The minimum Gasteiger partial charge on any atom is -0.357 e. The van der Waals surface area contributed by atoms with Crippen molar-refractivity contribution >= 4 is 5.96 Å². The Kier molecular flexibility index (Phi) is 9.59. The van der Waals surface area contributed by atoms with Crippen molar-refractivity contribution in [3.8, 4) is 0 Å². The molecule has 0 aliphatic carbocycles. The summed E-state index contributed by atoms with van der Waals surface area (Å²) >= 11 is 0. The Balaban J connectivity index is 1.46. The quantitative estimate of drug-likeness (QED) is 0.478. The van der Waals surface area contributed by atoms with Gasteiger partial charge in [-0.05, 0) is 70.3 Å². The molecular formula is C25H42FN5. The minimum atomic E-state index is -0.0885. The second-order valence-corrected chi connectivity index (χ2v) is 9.09. The summed E-state index contributed by atoms with van der Waals surface area (Å²) in [6, 6.07) is 7.15. The number of aliphatic imine (C=N–C) groups is 1. The van der Waals surface area contributed by atoms with Crippen molar-refractivity contribution in [2.45, 2.75) is 46.6 Å². The van der Waals surface area contributed by atoms with E-state index in [9.17, 15) is 4.39 Å². The largest absolute Gasteiger partial charge is 0.357 e. The third kappa shape index (κ3) is 7.18. The number of likely N-dealkylation sites (tertiary alicyclic amines) is 2. The molecule has 0 radical (unpaired) electrons. The van der Waals surface area contributed by atoms with E-state index in [1.165, 1.54) is 13.0 Å². The summed E-state index contributed by atoms with van der Waals surface area (Å²) in [6.45, 7) is 16.9. The van der Waals surface area contributed by atoms with Crippen LogP contribution in [-0.4, -0.2) is 79.6 Å². The van der Waals surface area contributed by atoms with Crippen molar-refractivity contribution in [2.24, 2.45) is 16.8 Å². The molecule has 0 spiro atoms. The lowest BCUT2D eigenvalue weighted by Gasteiger charge is -2.31. The summed E-state index contributed by atoms with van der Waals surface area (Å²) in [4.78, 5) is 12.4. The molecule has 1 atom stereocenters. The fraction of sp³-hybridized carbons (Fsp3) is 0.720. The number of nitrogens with zero attached hydrogens (tertiary/aromatic N) is 4. The fourth-order valence-electron chi connectivity index (χ4n) is 4.86. The summed E-state index contributed by atoms with van der Waals surface area (Å²) in [6.07, 6.45) is 3.54. The lowest BCUT2D eigenvalue weighted by molar-refractivity contribution is 0.178. The summed E-state index contributed by atoms with van der Waals surface area (Å²) in [5, 5.41) is 3.52. The number of benzene rings is 1. The third-order valence-electron chi connectivity index (χ3n) is 6.89. The Bertz CT molecular complexity index is 682. The molecule has 31 heavy (non-hydrogen) atoms. The second-order valence-electron chi connectivity index (χ2n) is 9.09. The van der Waals surface area contributed by atoms with E-state index in [4.69, 9.17) is 4.99 Å². The predicted molar refractivity (Wildman–Crippen MR) is 128 cm³/mol. The third-order valence-corrected chi connectivity index (χ3v) is 6.89. The van der Waals surface area contributed by atoms with Gasteiger partial charge in [-0.2, -0.15) is 0 Å². The Morgan fingerprint density at radius 2 is 1.77 bits per heavy atom. The van der Waals surface area contributed by atoms with E-state index in [0.717, 1.165) is 82.6 Å². The van der Waals surface area contributed by atoms with Crippen molar-refractivity contribution in [1.29, 1.82) is 0 Å². The van der Waals surface area contributed by atoms with E-state index in [-0.39, 0.29) is 5.82 Å². The molecule has 174 valence electrons. The van der Waals surface area contributed by atoms with E-state index in [0.29, 0.717) is 12.5 Å². The van der Waals surface area contributed by atoms with Gasteiger partial charge in [-0.15, -0.1) is 0 Å². The number of guanidine groups is 1. The maximum absolute atomic E-state index is 13.9. The Morgan fingerprint density at radius 1 is 1.06 bits per heavy atom. The number of piperidine rings is 1. The van der Waals surface area contributed by atoms with Gasteiger partial charge in [0.05, 0.1) is 0 Å². The van der Waals surface area contributed by atoms with Gasteiger partial charge in [-0.1, -0.05) is 32.0 Å². The number of halogens is 1. The van der Waals surface area contributed by atoms with Gasteiger partial charge in [-0.3, -0.25) is 9.89 Å². The zero-order chi connectivity index (χ0) is 22.1. The van der Waals surface area contributed by atoms with Crippen LogP contribution in [0.25, 0.3) is 0 Å². The van der Waals surface area contributed by atoms with Crippen LogP contribution >= 0.6 is 0 Å². The molecule has 1 unspecified atom stereocenters. The number of hydrogen-bond donors (Lipinski definition) is 1. The normalized spacial score (nSPS) is 21.3. The maximum Gasteiger partial charge on any atom is 0.193 e. The molecule has 2 aliphatic rings. The zero-order valence-corrected chi connectivity index (χ0v) is 19.8. The highest BCUT2D eigenvalue weighted by Crippen LogP contribution is 2.21. The molecule has 0 saturated carbocycles. The van der Waals surface area contributed by atoms with Crippen molar-refractivity contribution in [3.63, 3.8) is 0 Å². The Morgan fingerprint density at radius 3 is 2.45 bits per heavy atom. The molecule has 2 saturated heterocycles. The molecular weight excluding hydrogens is 389 g/mol. The summed E-state index contributed by atoms with van der Waals surface area (Å²) in [5.41, 5.74) is 0.807.